The Balaban J connectivity index is 2.12. The molecule has 206 valence electrons. The molecule has 0 fully saturated rings. The van der Waals surface area contributed by atoms with Gasteiger partial charge in [0, 0.05) is 18.5 Å². The molecule has 0 saturated carbocycles. The largest absolute Gasteiger partial charge is 0.480 e. The van der Waals surface area contributed by atoms with Crippen LogP contribution in [0.25, 0.3) is 0 Å². The van der Waals surface area contributed by atoms with Gasteiger partial charge in [-0.15, -0.1) is 0 Å². The Hall–Kier alpha value is -2.11. The molecule has 2 amide bonds. The Kier molecular flexibility index (Phi) is 17.7. The van der Waals surface area contributed by atoms with E-state index in [0.29, 0.717) is 37.8 Å². The van der Waals surface area contributed by atoms with Gasteiger partial charge in [-0.3, -0.25) is 9.59 Å². The van der Waals surface area contributed by atoms with E-state index in [4.69, 9.17) is 0 Å². The highest BCUT2D eigenvalue weighted by molar-refractivity contribution is 5.96. The van der Waals surface area contributed by atoms with E-state index in [9.17, 15) is 19.5 Å². The molecule has 1 aliphatic carbocycles. The fourth-order valence-corrected chi connectivity index (χ4v) is 4.56. The van der Waals surface area contributed by atoms with Crippen LogP contribution in [0.15, 0.2) is 23.3 Å². The molecule has 0 saturated heterocycles. The number of hydrogen-bond acceptors (Lipinski definition) is 3. The van der Waals surface area contributed by atoms with Crippen LogP contribution in [0.1, 0.15) is 130 Å². The van der Waals surface area contributed by atoms with Crippen molar-refractivity contribution in [2.75, 3.05) is 6.54 Å². The van der Waals surface area contributed by atoms with Crippen LogP contribution in [0.3, 0.4) is 0 Å². The molecular weight excluding hydrogens is 452 g/mol. The second kappa shape index (κ2) is 20.0. The lowest BCUT2D eigenvalue weighted by atomic mass is 9.97. The van der Waals surface area contributed by atoms with Crippen LogP contribution in [0.5, 0.6) is 0 Å². The number of allylic oxidation sites excluding steroid dienone is 2. The van der Waals surface area contributed by atoms with E-state index in [2.05, 4.69) is 17.6 Å². The Morgan fingerprint density at radius 2 is 1.39 bits per heavy atom. The first kappa shape index (κ1) is 31.9. The molecule has 0 unspecified atom stereocenters. The van der Waals surface area contributed by atoms with Crippen LogP contribution in [0.4, 0.5) is 0 Å². The average molecular weight is 505 g/mol. The number of aliphatic carboxylic acids is 1. The van der Waals surface area contributed by atoms with Crippen molar-refractivity contribution < 1.29 is 19.5 Å². The number of carbonyl (C=O) groups excluding carboxylic acids is 2. The summed E-state index contributed by atoms with van der Waals surface area (Å²) in [6.07, 6.45) is 22.7. The zero-order valence-electron chi connectivity index (χ0n) is 23.2. The SMILES string of the molecule is CCCCCCCCCCCCCCCC(=O)NCC1=CC=C(C(=O)N[C@@H](CC(C)C)C(=O)O)CC1. The van der Waals surface area contributed by atoms with Crippen LogP contribution >= 0.6 is 0 Å². The van der Waals surface area contributed by atoms with Crippen LogP contribution < -0.4 is 10.6 Å². The maximum Gasteiger partial charge on any atom is 0.326 e. The number of carboxylic acid groups (broad SMARTS) is 1. The standard InChI is InChI=1S/C30H52N2O4/c1-4-5-6-7-8-9-10-11-12-13-14-15-16-17-28(33)31-23-25-18-20-26(21-19-25)29(34)32-27(30(35)36)22-24(2)3/h18,20,24,27H,4-17,19,21-23H2,1-3H3,(H,31,33)(H,32,34)(H,35,36)/t27-/m0/s1. The number of carbonyl (C=O) groups is 3. The van der Waals surface area contributed by atoms with Crippen molar-refractivity contribution in [3.05, 3.63) is 23.3 Å². The maximum atomic E-state index is 12.4. The van der Waals surface area contributed by atoms with Gasteiger partial charge in [0.2, 0.25) is 11.8 Å². The van der Waals surface area contributed by atoms with Crippen LogP contribution in [0.2, 0.25) is 0 Å². The predicted molar refractivity (Wildman–Crippen MR) is 148 cm³/mol. The highest BCUT2D eigenvalue weighted by Crippen LogP contribution is 2.19. The summed E-state index contributed by atoms with van der Waals surface area (Å²) < 4.78 is 0. The molecule has 0 heterocycles. The molecule has 1 atom stereocenters. The van der Waals surface area contributed by atoms with Crippen molar-refractivity contribution in [2.45, 2.75) is 136 Å². The number of hydrogen-bond donors (Lipinski definition) is 3. The van der Waals surface area contributed by atoms with Gasteiger partial charge in [0.05, 0.1) is 0 Å². The number of amides is 2. The number of unbranched alkanes of at least 4 members (excludes halogenated alkanes) is 12. The smallest absolute Gasteiger partial charge is 0.326 e. The van der Waals surface area contributed by atoms with Crippen molar-refractivity contribution in [3.8, 4) is 0 Å². The highest BCUT2D eigenvalue weighted by atomic mass is 16.4. The minimum Gasteiger partial charge on any atom is -0.480 e. The minimum absolute atomic E-state index is 0.0875. The topological polar surface area (TPSA) is 95.5 Å². The first-order valence-electron chi connectivity index (χ1n) is 14.5. The van der Waals surface area contributed by atoms with Gasteiger partial charge >= 0.3 is 5.97 Å². The summed E-state index contributed by atoms with van der Waals surface area (Å²) in [6, 6.07) is -0.867. The van der Waals surface area contributed by atoms with E-state index in [1.54, 1.807) is 6.08 Å². The van der Waals surface area contributed by atoms with Crippen LogP contribution in [0, 0.1) is 5.92 Å². The molecule has 1 aliphatic rings. The van der Waals surface area contributed by atoms with Gasteiger partial charge in [0.15, 0.2) is 0 Å². The summed E-state index contributed by atoms with van der Waals surface area (Å²) >= 11 is 0. The van der Waals surface area contributed by atoms with E-state index in [1.165, 1.54) is 70.6 Å². The Morgan fingerprint density at radius 3 is 1.86 bits per heavy atom. The molecular formula is C30H52N2O4. The van der Waals surface area contributed by atoms with Gasteiger partial charge in [-0.1, -0.05) is 116 Å². The third-order valence-electron chi connectivity index (χ3n) is 6.86. The lowest BCUT2D eigenvalue weighted by Gasteiger charge is -2.19. The van der Waals surface area contributed by atoms with Gasteiger partial charge in [-0.05, 0) is 31.6 Å². The summed E-state index contributed by atoms with van der Waals surface area (Å²) in [5, 5.41) is 14.9. The first-order chi connectivity index (χ1) is 17.3. The number of nitrogens with one attached hydrogen (secondary N) is 2. The molecule has 0 aliphatic heterocycles. The monoisotopic (exact) mass is 504 g/mol. The highest BCUT2D eigenvalue weighted by Gasteiger charge is 2.23. The van der Waals surface area contributed by atoms with E-state index < -0.39 is 12.0 Å². The second-order valence-corrected chi connectivity index (χ2v) is 10.8. The molecule has 0 aromatic carbocycles. The molecule has 0 spiro atoms. The van der Waals surface area contributed by atoms with Crippen molar-refractivity contribution in [1.29, 1.82) is 0 Å². The fraction of sp³-hybridized carbons (Fsp3) is 0.767. The van der Waals surface area contributed by atoms with Crippen LogP contribution in [-0.2, 0) is 14.4 Å². The van der Waals surface area contributed by atoms with Gasteiger partial charge in [0.25, 0.3) is 0 Å². The number of carboxylic acids is 1. The summed E-state index contributed by atoms with van der Waals surface area (Å²) in [5.41, 5.74) is 1.68. The van der Waals surface area contributed by atoms with Gasteiger partial charge in [-0.25, -0.2) is 4.79 Å². The Labute approximate surface area is 219 Å². The van der Waals surface area contributed by atoms with Crippen LogP contribution in [-0.4, -0.2) is 35.5 Å². The third-order valence-corrected chi connectivity index (χ3v) is 6.86. The number of rotatable bonds is 21. The van der Waals surface area contributed by atoms with E-state index in [0.717, 1.165) is 18.4 Å². The van der Waals surface area contributed by atoms with Gasteiger partial charge in [-0.2, -0.15) is 0 Å². The molecule has 3 N–H and O–H groups in total. The molecule has 0 aromatic rings. The zero-order chi connectivity index (χ0) is 26.6. The second-order valence-electron chi connectivity index (χ2n) is 10.8. The van der Waals surface area contributed by atoms with Gasteiger partial charge in [0.1, 0.15) is 6.04 Å². The van der Waals surface area contributed by atoms with E-state index in [1.807, 2.05) is 19.9 Å². The summed E-state index contributed by atoms with van der Waals surface area (Å²) in [6.45, 7) is 6.64. The van der Waals surface area contributed by atoms with Crippen molar-refractivity contribution >= 4 is 17.8 Å². The van der Waals surface area contributed by atoms with Crippen molar-refractivity contribution in [2.24, 2.45) is 5.92 Å². The van der Waals surface area contributed by atoms with E-state index >= 15 is 0 Å². The fourth-order valence-electron chi connectivity index (χ4n) is 4.56. The zero-order valence-corrected chi connectivity index (χ0v) is 23.2. The van der Waals surface area contributed by atoms with Crippen molar-refractivity contribution in [1.82, 2.24) is 10.6 Å². The molecule has 0 bridgehead atoms. The average Bonchev–Trinajstić information content (AvgIpc) is 2.85. The molecule has 6 nitrogen and oxygen atoms in total. The lowest BCUT2D eigenvalue weighted by Crippen LogP contribution is -2.42. The molecule has 6 heteroatoms. The minimum atomic E-state index is -1.00. The Bertz CT molecular complexity index is 712. The lowest BCUT2D eigenvalue weighted by molar-refractivity contribution is -0.141. The van der Waals surface area contributed by atoms with E-state index in [-0.39, 0.29) is 17.7 Å². The summed E-state index contributed by atoms with van der Waals surface area (Å²) in [7, 11) is 0. The molecule has 1 rings (SSSR count). The maximum absolute atomic E-state index is 12.4. The summed E-state index contributed by atoms with van der Waals surface area (Å²) in [4.78, 5) is 36.0. The Morgan fingerprint density at radius 1 is 0.833 bits per heavy atom. The van der Waals surface area contributed by atoms with Crippen molar-refractivity contribution in [3.63, 3.8) is 0 Å². The normalized spacial score (nSPS) is 14.2. The van der Waals surface area contributed by atoms with Gasteiger partial charge < -0.3 is 15.7 Å². The molecule has 0 radical (unpaired) electrons. The first-order valence-corrected chi connectivity index (χ1v) is 14.5. The quantitative estimate of drug-likeness (QED) is 0.149. The molecule has 36 heavy (non-hydrogen) atoms. The molecule has 0 aromatic heterocycles. The predicted octanol–water partition coefficient (Wildman–Crippen LogP) is 6.85. The summed E-state index contributed by atoms with van der Waals surface area (Å²) in [5.74, 6) is -1.05. The third kappa shape index (κ3) is 15.8.